The van der Waals surface area contributed by atoms with Gasteiger partial charge < -0.3 is 4.74 Å². The molecular formula is C11H8ClF3O3. The molecular weight excluding hydrogens is 273 g/mol. The lowest BCUT2D eigenvalue weighted by Gasteiger charge is -2.08. The number of alkyl halides is 3. The smallest absolute Gasteiger partial charge is 0.416 e. The molecule has 0 saturated heterocycles. The van der Waals surface area contributed by atoms with Crippen LogP contribution in [0.2, 0.25) is 5.02 Å². The Morgan fingerprint density at radius 1 is 1.33 bits per heavy atom. The van der Waals surface area contributed by atoms with Gasteiger partial charge in [0.25, 0.3) is 5.78 Å². The quantitative estimate of drug-likeness (QED) is 0.485. The molecule has 0 amide bonds. The highest BCUT2D eigenvalue weighted by Crippen LogP contribution is 2.32. The number of carbonyl (C=O) groups excluding carboxylic acids is 2. The molecule has 0 aliphatic heterocycles. The molecule has 98 valence electrons. The van der Waals surface area contributed by atoms with Crippen LogP contribution in [0.1, 0.15) is 22.8 Å². The molecule has 0 atom stereocenters. The fraction of sp³-hybridized carbons (Fsp3) is 0.273. The van der Waals surface area contributed by atoms with E-state index in [1.54, 1.807) is 0 Å². The Kier molecular flexibility index (Phi) is 4.34. The average Bonchev–Trinajstić information content (AvgIpc) is 2.27. The Morgan fingerprint density at radius 2 is 1.94 bits per heavy atom. The topological polar surface area (TPSA) is 43.4 Å². The van der Waals surface area contributed by atoms with E-state index in [1.165, 1.54) is 6.92 Å². The fourth-order valence-corrected chi connectivity index (χ4v) is 1.45. The predicted molar refractivity (Wildman–Crippen MR) is 57.4 cm³/mol. The minimum Gasteiger partial charge on any atom is -0.460 e. The number of esters is 1. The highest BCUT2D eigenvalue weighted by molar-refractivity contribution is 6.45. The molecule has 0 saturated carbocycles. The van der Waals surface area contributed by atoms with Gasteiger partial charge >= 0.3 is 12.1 Å². The SMILES string of the molecule is CCOC(=O)C(=O)c1ccc(C(F)(F)F)cc1Cl. The molecule has 0 bridgehead atoms. The molecule has 0 spiro atoms. The van der Waals surface area contributed by atoms with E-state index < -0.39 is 28.5 Å². The Balaban J connectivity index is 3.07. The molecule has 0 unspecified atom stereocenters. The monoisotopic (exact) mass is 280 g/mol. The van der Waals surface area contributed by atoms with Crippen LogP contribution in [0.3, 0.4) is 0 Å². The van der Waals surface area contributed by atoms with Crippen LogP contribution in [0.4, 0.5) is 13.2 Å². The third-order valence-electron chi connectivity index (χ3n) is 2.00. The van der Waals surface area contributed by atoms with Gasteiger partial charge in [0.2, 0.25) is 0 Å². The maximum absolute atomic E-state index is 12.3. The average molecular weight is 281 g/mol. The van der Waals surface area contributed by atoms with Crippen molar-refractivity contribution in [1.82, 2.24) is 0 Å². The lowest BCUT2D eigenvalue weighted by atomic mass is 10.1. The predicted octanol–water partition coefficient (Wildman–Crippen LogP) is 3.10. The van der Waals surface area contributed by atoms with Crippen molar-refractivity contribution < 1.29 is 27.5 Å². The second-order valence-corrected chi connectivity index (χ2v) is 3.65. The standard InChI is InChI=1S/C11H8ClF3O3/c1-2-18-10(17)9(16)7-4-3-6(5-8(7)12)11(13,14)15/h3-5H,2H2,1H3. The van der Waals surface area contributed by atoms with Gasteiger partial charge in [0.05, 0.1) is 17.2 Å². The van der Waals surface area contributed by atoms with Crippen LogP contribution in [0.25, 0.3) is 0 Å². The van der Waals surface area contributed by atoms with E-state index in [0.29, 0.717) is 12.1 Å². The van der Waals surface area contributed by atoms with Gasteiger partial charge in [-0.15, -0.1) is 0 Å². The van der Waals surface area contributed by atoms with Crippen LogP contribution in [0, 0.1) is 0 Å². The minimum absolute atomic E-state index is 0.0111. The number of benzene rings is 1. The summed E-state index contributed by atoms with van der Waals surface area (Å²) in [5, 5.41) is -0.442. The summed E-state index contributed by atoms with van der Waals surface area (Å²) in [7, 11) is 0. The summed E-state index contributed by atoms with van der Waals surface area (Å²) in [4.78, 5) is 22.6. The molecule has 1 aromatic carbocycles. The molecule has 7 heteroatoms. The van der Waals surface area contributed by atoms with E-state index in [-0.39, 0.29) is 12.2 Å². The summed E-state index contributed by atoms with van der Waals surface area (Å²) >= 11 is 5.55. The molecule has 18 heavy (non-hydrogen) atoms. The van der Waals surface area contributed by atoms with Crippen molar-refractivity contribution in [3.63, 3.8) is 0 Å². The number of Topliss-reactive ketones (excluding diaryl/α,β-unsaturated/α-hetero) is 1. The number of hydrogen-bond donors (Lipinski definition) is 0. The fourth-order valence-electron chi connectivity index (χ4n) is 1.18. The number of hydrogen-bond acceptors (Lipinski definition) is 3. The molecule has 0 aliphatic carbocycles. The van der Waals surface area contributed by atoms with Gasteiger partial charge in [-0.1, -0.05) is 11.6 Å². The van der Waals surface area contributed by atoms with E-state index in [1.807, 2.05) is 0 Å². The number of carbonyl (C=O) groups is 2. The van der Waals surface area contributed by atoms with Crippen molar-refractivity contribution in [3.8, 4) is 0 Å². The van der Waals surface area contributed by atoms with Crippen LogP contribution in [-0.4, -0.2) is 18.4 Å². The van der Waals surface area contributed by atoms with Crippen LogP contribution in [-0.2, 0) is 15.7 Å². The van der Waals surface area contributed by atoms with Crippen LogP contribution in [0.5, 0.6) is 0 Å². The first-order valence-corrected chi connectivity index (χ1v) is 5.23. The first-order chi connectivity index (χ1) is 8.27. The Hall–Kier alpha value is -1.56. The minimum atomic E-state index is -4.56. The molecule has 0 heterocycles. The maximum Gasteiger partial charge on any atom is 0.416 e. The van der Waals surface area contributed by atoms with E-state index in [4.69, 9.17) is 11.6 Å². The third-order valence-corrected chi connectivity index (χ3v) is 2.31. The zero-order valence-corrected chi connectivity index (χ0v) is 9.93. The number of ether oxygens (including phenoxy) is 1. The molecule has 1 aromatic rings. The van der Waals surface area contributed by atoms with Gasteiger partial charge in [0.1, 0.15) is 0 Å². The van der Waals surface area contributed by atoms with Gasteiger partial charge in [-0.25, -0.2) is 4.79 Å². The molecule has 1 rings (SSSR count). The van der Waals surface area contributed by atoms with Gasteiger partial charge in [-0.3, -0.25) is 4.79 Å². The van der Waals surface area contributed by atoms with Gasteiger partial charge in [0.15, 0.2) is 0 Å². The van der Waals surface area contributed by atoms with E-state index in [2.05, 4.69) is 4.74 Å². The van der Waals surface area contributed by atoms with Crippen LogP contribution < -0.4 is 0 Å². The van der Waals surface area contributed by atoms with Crippen LogP contribution >= 0.6 is 11.6 Å². The summed E-state index contributed by atoms with van der Waals surface area (Å²) in [5.41, 5.74) is -1.31. The van der Waals surface area contributed by atoms with Crippen molar-refractivity contribution in [3.05, 3.63) is 34.3 Å². The second kappa shape index (κ2) is 5.39. The van der Waals surface area contributed by atoms with Crippen molar-refractivity contribution >= 4 is 23.4 Å². The lowest BCUT2D eigenvalue weighted by Crippen LogP contribution is -2.18. The van der Waals surface area contributed by atoms with Crippen molar-refractivity contribution in [2.75, 3.05) is 6.61 Å². The first kappa shape index (κ1) is 14.5. The Morgan fingerprint density at radius 3 is 2.39 bits per heavy atom. The van der Waals surface area contributed by atoms with Gasteiger partial charge in [0, 0.05) is 5.56 Å². The van der Waals surface area contributed by atoms with E-state index >= 15 is 0 Å². The first-order valence-electron chi connectivity index (χ1n) is 4.85. The van der Waals surface area contributed by atoms with Crippen molar-refractivity contribution in [1.29, 1.82) is 0 Å². The number of rotatable bonds is 3. The van der Waals surface area contributed by atoms with Gasteiger partial charge in [-0.2, -0.15) is 13.2 Å². The normalized spacial score (nSPS) is 11.2. The highest BCUT2D eigenvalue weighted by Gasteiger charge is 2.32. The second-order valence-electron chi connectivity index (χ2n) is 3.24. The van der Waals surface area contributed by atoms with E-state index in [9.17, 15) is 22.8 Å². The summed E-state index contributed by atoms with van der Waals surface area (Å²) < 4.78 is 41.5. The number of halogens is 4. The molecule has 0 fully saturated rings. The summed E-state index contributed by atoms with van der Waals surface area (Å²) in [6.45, 7) is 1.49. The molecule has 0 aromatic heterocycles. The molecule has 3 nitrogen and oxygen atoms in total. The highest BCUT2D eigenvalue weighted by atomic mass is 35.5. The zero-order chi connectivity index (χ0) is 13.9. The summed E-state index contributed by atoms with van der Waals surface area (Å²) in [6.07, 6.45) is -4.56. The molecule has 0 N–H and O–H groups in total. The zero-order valence-electron chi connectivity index (χ0n) is 9.18. The Bertz CT molecular complexity index is 483. The largest absolute Gasteiger partial charge is 0.460 e. The molecule has 0 aliphatic rings. The van der Waals surface area contributed by atoms with E-state index in [0.717, 1.165) is 6.07 Å². The summed E-state index contributed by atoms with van der Waals surface area (Å²) in [6, 6.07) is 2.12. The van der Waals surface area contributed by atoms with Gasteiger partial charge in [-0.05, 0) is 25.1 Å². The van der Waals surface area contributed by atoms with Crippen molar-refractivity contribution in [2.24, 2.45) is 0 Å². The molecule has 0 radical (unpaired) electrons. The van der Waals surface area contributed by atoms with Crippen LogP contribution in [0.15, 0.2) is 18.2 Å². The summed E-state index contributed by atoms with van der Waals surface area (Å²) in [5.74, 6) is -2.23. The lowest BCUT2D eigenvalue weighted by molar-refractivity contribution is -0.138. The third kappa shape index (κ3) is 3.22. The number of ketones is 1. The van der Waals surface area contributed by atoms with Crippen molar-refractivity contribution in [2.45, 2.75) is 13.1 Å². The Labute approximate surface area is 105 Å². The maximum atomic E-state index is 12.3.